The van der Waals surface area contributed by atoms with Crippen LogP contribution in [0.25, 0.3) is 0 Å². The van der Waals surface area contributed by atoms with Gasteiger partial charge in [-0.15, -0.1) is 6.58 Å². The Morgan fingerprint density at radius 3 is 2.24 bits per heavy atom. The van der Waals surface area contributed by atoms with Gasteiger partial charge in [0.15, 0.2) is 11.5 Å². The Balaban J connectivity index is 2.31. The number of hydrogen-bond donors (Lipinski definition) is 1. The average molecular weight is 604 g/mol. The van der Waals surface area contributed by atoms with Crippen LogP contribution in [0.3, 0.4) is 0 Å². The third-order valence-electron chi connectivity index (χ3n) is 4.28. The summed E-state index contributed by atoms with van der Waals surface area (Å²) in [5.41, 5.74) is 2.08. The maximum atomic E-state index is 13.4. The molecule has 2 aromatic rings. The summed E-state index contributed by atoms with van der Waals surface area (Å²) in [5.74, 6) is -5.77. The number of ether oxygens (including phenoxy) is 2. The van der Waals surface area contributed by atoms with Crippen LogP contribution >= 0.6 is 22.6 Å². The minimum Gasteiger partial charge on any atom is -0.490 e. The summed E-state index contributed by atoms with van der Waals surface area (Å²) in [7, 11) is 0. The third-order valence-corrected chi connectivity index (χ3v) is 5.00. The van der Waals surface area contributed by atoms with Crippen molar-refractivity contribution in [2.75, 3.05) is 6.61 Å². The van der Waals surface area contributed by atoms with Crippen molar-refractivity contribution in [3.8, 4) is 11.5 Å². The van der Waals surface area contributed by atoms with E-state index in [0.29, 0.717) is 23.0 Å². The van der Waals surface area contributed by atoms with Crippen molar-refractivity contribution in [1.29, 1.82) is 0 Å². The van der Waals surface area contributed by atoms with Gasteiger partial charge >= 0.3 is 18.1 Å². The van der Waals surface area contributed by atoms with E-state index in [-0.39, 0.29) is 30.9 Å². The van der Waals surface area contributed by atoms with Crippen molar-refractivity contribution >= 4 is 28.8 Å². The first-order chi connectivity index (χ1) is 15.8. The average Bonchev–Trinajstić information content (AvgIpc) is 2.74. The van der Waals surface area contributed by atoms with Crippen LogP contribution < -0.4 is 14.9 Å². The van der Waals surface area contributed by atoms with Gasteiger partial charge < -0.3 is 9.47 Å². The van der Waals surface area contributed by atoms with Gasteiger partial charge in [-0.05, 0) is 71.3 Å². The lowest BCUT2D eigenvalue weighted by molar-refractivity contribution is -0.361. The Morgan fingerprint density at radius 2 is 1.68 bits per heavy atom. The number of allylic oxidation sites excluding steroid dienone is 1. The second kappa shape index (κ2) is 11.3. The molecule has 12 heteroatoms. The summed E-state index contributed by atoms with van der Waals surface area (Å²) in [6.07, 6.45) is -3.98. The molecule has 0 radical (unpaired) electrons. The lowest BCUT2D eigenvalue weighted by atomic mass is 10.1. The predicted octanol–water partition coefficient (Wildman–Crippen LogP) is 6.71. The van der Waals surface area contributed by atoms with Crippen molar-refractivity contribution in [2.24, 2.45) is 5.10 Å². The van der Waals surface area contributed by atoms with E-state index in [0.717, 1.165) is 9.13 Å². The Kier molecular flexibility index (Phi) is 9.20. The largest absolute Gasteiger partial charge is 0.490 e. The molecule has 1 N–H and O–H groups in total. The van der Waals surface area contributed by atoms with E-state index in [9.17, 15) is 30.7 Å². The van der Waals surface area contributed by atoms with Crippen LogP contribution in [0.4, 0.5) is 30.7 Å². The summed E-state index contributed by atoms with van der Waals surface area (Å²) < 4.78 is 102. The minimum atomic E-state index is -6.46. The van der Waals surface area contributed by atoms with Gasteiger partial charge in [-0.1, -0.05) is 18.2 Å². The number of rotatable bonds is 11. The number of halogens is 8. The smallest absolute Gasteiger partial charge is 0.462 e. The van der Waals surface area contributed by atoms with Gasteiger partial charge in [0.05, 0.1) is 12.8 Å². The monoisotopic (exact) mass is 604 g/mol. The van der Waals surface area contributed by atoms with Gasteiger partial charge in [0.1, 0.15) is 6.61 Å². The molecule has 0 saturated carbocycles. The van der Waals surface area contributed by atoms with Gasteiger partial charge in [0, 0.05) is 9.13 Å². The third kappa shape index (κ3) is 6.76. The summed E-state index contributed by atoms with van der Waals surface area (Å²) >= 11 is 2.16. The molecular formula is C22H20F7IN2O2. The molecule has 34 heavy (non-hydrogen) atoms. The van der Waals surface area contributed by atoms with E-state index in [4.69, 9.17) is 9.47 Å². The van der Waals surface area contributed by atoms with Crippen molar-refractivity contribution in [3.63, 3.8) is 0 Å². The number of nitrogens with one attached hydrogen (secondary N) is 1. The maximum absolute atomic E-state index is 13.4. The first kappa shape index (κ1) is 27.7. The molecule has 0 aliphatic heterocycles. The number of alkyl halides is 7. The number of nitrogens with zero attached hydrogens (tertiary/aromatic N) is 1. The first-order valence-corrected chi connectivity index (χ1v) is 10.8. The standard InChI is InChI=1S/C22H20F7IN2O2/c1-3-5-16-10-15(12-31-32-22(28,29)20(23,24)21(25,26)27)11-18(33-4-2)19(16)34-13-14-6-8-17(30)9-7-14/h3,6-12,32H,1,4-5,13H2,2H3/b31-12+. The maximum Gasteiger partial charge on any atom is 0.462 e. The van der Waals surface area contributed by atoms with Gasteiger partial charge in [-0.25, -0.2) is 5.43 Å². The molecule has 4 nitrogen and oxygen atoms in total. The van der Waals surface area contributed by atoms with Gasteiger partial charge in [-0.2, -0.15) is 35.8 Å². The zero-order valence-electron chi connectivity index (χ0n) is 17.7. The summed E-state index contributed by atoms with van der Waals surface area (Å²) in [5, 5.41) is 2.90. The number of benzene rings is 2. The lowest BCUT2D eigenvalue weighted by Gasteiger charge is -2.27. The molecule has 0 aliphatic carbocycles. The highest BCUT2D eigenvalue weighted by atomic mass is 127. The normalized spacial score (nSPS) is 12.6. The fourth-order valence-corrected chi connectivity index (χ4v) is 3.02. The molecule has 0 spiro atoms. The zero-order chi connectivity index (χ0) is 25.6. The Bertz CT molecular complexity index is 1010. The molecule has 0 bridgehead atoms. The second-order valence-corrected chi connectivity index (χ2v) is 8.11. The first-order valence-electron chi connectivity index (χ1n) is 9.72. The van der Waals surface area contributed by atoms with Gasteiger partial charge in [0.25, 0.3) is 0 Å². The molecule has 2 rings (SSSR count). The fourth-order valence-electron chi connectivity index (χ4n) is 2.66. The highest BCUT2D eigenvalue weighted by Crippen LogP contribution is 2.45. The summed E-state index contributed by atoms with van der Waals surface area (Å²) in [6, 6.07) is 4.67. The van der Waals surface area contributed by atoms with Crippen molar-refractivity contribution in [3.05, 3.63) is 69.3 Å². The Morgan fingerprint density at radius 1 is 1.03 bits per heavy atom. The Labute approximate surface area is 205 Å². The van der Waals surface area contributed by atoms with Crippen LogP contribution in [-0.2, 0) is 13.0 Å². The molecule has 0 fully saturated rings. The summed E-state index contributed by atoms with van der Waals surface area (Å²) in [6.45, 7) is 5.74. The topological polar surface area (TPSA) is 42.9 Å². The van der Waals surface area contributed by atoms with E-state index in [1.807, 2.05) is 24.3 Å². The molecular weight excluding hydrogens is 584 g/mol. The quantitative estimate of drug-likeness (QED) is 0.0775. The zero-order valence-corrected chi connectivity index (χ0v) is 19.9. The molecule has 0 saturated heterocycles. The molecule has 0 unspecified atom stereocenters. The predicted molar refractivity (Wildman–Crippen MR) is 122 cm³/mol. The van der Waals surface area contributed by atoms with E-state index >= 15 is 0 Å². The van der Waals surface area contributed by atoms with Gasteiger partial charge in [-0.3, -0.25) is 0 Å². The fraction of sp³-hybridized carbons (Fsp3) is 0.318. The minimum absolute atomic E-state index is 0.0977. The van der Waals surface area contributed by atoms with E-state index in [2.05, 4.69) is 34.3 Å². The van der Waals surface area contributed by atoms with Crippen LogP contribution in [0, 0.1) is 3.57 Å². The van der Waals surface area contributed by atoms with Crippen molar-refractivity contribution in [2.45, 2.75) is 38.1 Å². The molecule has 0 atom stereocenters. The van der Waals surface area contributed by atoms with Crippen molar-refractivity contribution < 1.29 is 40.2 Å². The molecule has 186 valence electrons. The van der Waals surface area contributed by atoms with Crippen molar-refractivity contribution in [1.82, 2.24) is 5.43 Å². The van der Waals surface area contributed by atoms with E-state index in [1.165, 1.54) is 12.1 Å². The number of hydrazone groups is 1. The van der Waals surface area contributed by atoms with Crippen LogP contribution in [0.5, 0.6) is 11.5 Å². The van der Waals surface area contributed by atoms with Crippen LogP contribution in [0.2, 0.25) is 0 Å². The van der Waals surface area contributed by atoms with E-state index < -0.39 is 18.1 Å². The summed E-state index contributed by atoms with van der Waals surface area (Å²) in [4.78, 5) is 0. The van der Waals surface area contributed by atoms with Gasteiger partial charge in [0.2, 0.25) is 0 Å². The lowest BCUT2D eigenvalue weighted by Crippen LogP contribution is -2.58. The van der Waals surface area contributed by atoms with E-state index in [1.54, 1.807) is 13.0 Å². The second-order valence-electron chi connectivity index (χ2n) is 6.86. The van der Waals surface area contributed by atoms with Crippen LogP contribution in [0.15, 0.2) is 54.2 Å². The molecule has 0 amide bonds. The molecule has 0 heterocycles. The highest BCUT2D eigenvalue weighted by Gasteiger charge is 2.73. The van der Waals surface area contributed by atoms with Crippen LogP contribution in [-0.4, -0.2) is 31.0 Å². The molecule has 0 aliphatic rings. The highest BCUT2D eigenvalue weighted by molar-refractivity contribution is 14.1. The molecule has 2 aromatic carbocycles. The van der Waals surface area contributed by atoms with Crippen LogP contribution in [0.1, 0.15) is 23.6 Å². The SMILES string of the molecule is C=CCc1cc(/C=N/NC(F)(F)C(F)(F)C(F)(F)F)cc(OCC)c1OCc1ccc(I)cc1. The Hall–Kier alpha value is -2.51. The number of hydrogen-bond acceptors (Lipinski definition) is 4. The molecule has 0 aromatic heterocycles.